The van der Waals surface area contributed by atoms with E-state index in [-0.39, 0.29) is 17.5 Å². The summed E-state index contributed by atoms with van der Waals surface area (Å²) in [5.41, 5.74) is 2.61. The van der Waals surface area contributed by atoms with Gasteiger partial charge in [-0.05, 0) is 37.1 Å². The quantitative estimate of drug-likeness (QED) is 0.567. The average molecular weight is 352 g/mol. The first-order valence-electron chi connectivity index (χ1n) is 8.52. The van der Waals surface area contributed by atoms with Crippen LogP contribution in [0.15, 0.2) is 60.3 Å². The van der Waals surface area contributed by atoms with E-state index in [1.165, 1.54) is 0 Å². The maximum atomic E-state index is 12.5. The van der Waals surface area contributed by atoms with Crippen LogP contribution in [-0.2, 0) is 9.53 Å². The van der Waals surface area contributed by atoms with Gasteiger partial charge in [0.05, 0.1) is 0 Å². The number of benzene rings is 2. The Kier molecular flexibility index (Phi) is 7.58. The Hall–Kier alpha value is -2.92. The molecule has 0 radical (unpaired) electrons. The monoisotopic (exact) mass is 352 g/mol. The van der Waals surface area contributed by atoms with Crippen molar-refractivity contribution >= 4 is 17.9 Å². The molecule has 5 nitrogen and oxygen atoms in total. The lowest BCUT2D eigenvalue weighted by molar-refractivity contribution is -0.117. The van der Waals surface area contributed by atoms with Crippen molar-refractivity contribution in [2.45, 2.75) is 13.3 Å². The van der Waals surface area contributed by atoms with Crippen LogP contribution >= 0.6 is 0 Å². The zero-order valence-corrected chi connectivity index (χ0v) is 15.1. The fourth-order valence-corrected chi connectivity index (χ4v) is 2.29. The van der Waals surface area contributed by atoms with Gasteiger partial charge in [0.2, 0.25) is 0 Å². The normalized spacial score (nSPS) is 11.1. The number of hydrogen-bond acceptors (Lipinski definition) is 3. The van der Waals surface area contributed by atoms with Gasteiger partial charge in [0.15, 0.2) is 0 Å². The molecule has 5 heteroatoms. The molecule has 0 aromatic heterocycles. The van der Waals surface area contributed by atoms with Gasteiger partial charge in [-0.3, -0.25) is 9.59 Å². The lowest BCUT2D eigenvalue weighted by Crippen LogP contribution is -2.35. The molecule has 0 saturated heterocycles. The molecule has 136 valence electrons. The molecule has 0 aliphatic heterocycles. The van der Waals surface area contributed by atoms with E-state index in [9.17, 15) is 9.59 Å². The Bertz CT molecular complexity index is 753. The van der Waals surface area contributed by atoms with E-state index in [0.29, 0.717) is 25.1 Å². The first-order valence-corrected chi connectivity index (χ1v) is 8.52. The van der Waals surface area contributed by atoms with Crippen LogP contribution in [-0.4, -0.2) is 32.1 Å². The van der Waals surface area contributed by atoms with Gasteiger partial charge >= 0.3 is 0 Å². The molecule has 2 amide bonds. The van der Waals surface area contributed by atoms with Crippen molar-refractivity contribution < 1.29 is 14.3 Å². The molecule has 0 bridgehead atoms. The maximum absolute atomic E-state index is 12.5. The molecular formula is C21H24N2O3. The van der Waals surface area contributed by atoms with E-state index in [2.05, 4.69) is 10.6 Å². The number of amides is 2. The van der Waals surface area contributed by atoms with Crippen LogP contribution < -0.4 is 10.6 Å². The molecule has 0 fully saturated rings. The molecule has 0 unspecified atom stereocenters. The molecule has 0 atom stereocenters. The standard InChI is InChI=1S/C21H24N2O3/c1-16-9-11-18(12-10-16)20(24)23-19(15-17-7-4-3-5-8-17)21(25)22-13-6-14-26-2/h3-5,7-12,15H,6,13-14H2,1-2H3,(H,22,25)(H,23,24)/b19-15-. The Morgan fingerprint density at radius 3 is 2.38 bits per heavy atom. The van der Waals surface area contributed by atoms with Crippen LogP contribution in [0.3, 0.4) is 0 Å². The van der Waals surface area contributed by atoms with Gasteiger partial charge in [-0.25, -0.2) is 0 Å². The predicted octanol–water partition coefficient (Wildman–Crippen LogP) is 2.92. The minimum atomic E-state index is -0.328. The average Bonchev–Trinajstić information content (AvgIpc) is 2.66. The molecule has 2 rings (SSSR count). The summed E-state index contributed by atoms with van der Waals surface area (Å²) in [5.74, 6) is -0.648. The van der Waals surface area contributed by atoms with Crippen molar-refractivity contribution in [1.82, 2.24) is 10.6 Å². The highest BCUT2D eigenvalue weighted by molar-refractivity contribution is 6.05. The molecule has 0 spiro atoms. The molecule has 2 aromatic carbocycles. The second kappa shape index (κ2) is 10.2. The topological polar surface area (TPSA) is 67.4 Å². The smallest absolute Gasteiger partial charge is 0.267 e. The second-order valence-corrected chi connectivity index (χ2v) is 5.89. The van der Waals surface area contributed by atoms with Gasteiger partial charge in [0.25, 0.3) is 11.8 Å². The fourth-order valence-electron chi connectivity index (χ4n) is 2.29. The van der Waals surface area contributed by atoms with E-state index in [0.717, 1.165) is 11.1 Å². The highest BCUT2D eigenvalue weighted by Gasteiger charge is 2.14. The summed E-state index contributed by atoms with van der Waals surface area (Å²) < 4.78 is 4.98. The van der Waals surface area contributed by atoms with Crippen molar-refractivity contribution in [3.8, 4) is 0 Å². The Morgan fingerprint density at radius 2 is 1.73 bits per heavy atom. The number of carbonyl (C=O) groups excluding carboxylic acids is 2. The van der Waals surface area contributed by atoms with Gasteiger partial charge in [0, 0.05) is 25.8 Å². The summed E-state index contributed by atoms with van der Waals surface area (Å²) in [6, 6.07) is 16.6. The minimum Gasteiger partial charge on any atom is -0.385 e. The van der Waals surface area contributed by atoms with E-state index in [1.807, 2.05) is 49.4 Å². The minimum absolute atomic E-state index is 0.208. The van der Waals surface area contributed by atoms with Crippen LogP contribution in [0.2, 0.25) is 0 Å². The van der Waals surface area contributed by atoms with Crippen LogP contribution in [0.5, 0.6) is 0 Å². The predicted molar refractivity (Wildman–Crippen MR) is 103 cm³/mol. The van der Waals surface area contributed by atoms with Gasteiger partial charge in [-0.1, -0.05) is 48.0 Å². The van der Waals surface area contributed by atoms with E-state index in [1.54, 1.807) is 25.3 Å². The van der Waals surface area contributed by atoms with Crippen molar-refractivity contribution in [2.24, 2.45) is 0 Å². The van der Waals surface area contributed by atoms with Crippen LogP contribution in [0.25, 0.3) is 6.08 Å². The van der Waals surface area contributed by atoms with Crippen LogP contribution in [0.1, 0.15) is 27.9 Å². The van der Waals surface area contributed by atoms with Crippen molar-refractivity contribution in [1.29, 1.82) is 0 Å². The van der Waals surface area contributed by atoms with Crippen LogP contribution in [0.4, 0.5) is 0 Å². The molecule has 2 N–H and O–H groups in total. The van der Waals surface area contributed by atoms with E-state index in [4.69, 9.17) is 4.74 Å². The lowest BCUT2D eigenvalue weighted by Gasteiger charge is -2.11. The van der Waals surface area contributed by atoms with E-state index >= 15 is 0 Å². The van der Waals surface area contributed by atoms with Crippen molar-refractivity contribution in [2.75, 3.05) is 20.3 Å². The third kappa shape index (κ3) is 6.18. The molecule has 0 saturated carbocycles. The van der Waals surface area contributed by atoms with Crippen LogP contribution in [0, 0.1) is 6.92 Å². The number of nitrogens with one attached hydrogen (secondary N) is 2. The number of methoxy groups -OCH3 is 1. The summed E-state index contributed by atoms with van der Waals surface area (Å²) in [7, 11) is 1.62. The summed E-state index contributed by atoms with van der Waals surface area (Å²) in [6.07, 6.45) is 2.37. The number of aryl methyl sites for hydroxylation is 1. The van der Waals surface area contributed by atoms with Gasteiger partial charge < -0.3 is 15.4 Å². The number of rotatable bonds is 8. The highest BCUT2D eigenvalue weighted by Crippen LogP contribution is 2.08. The summed E-state index contributed by atoms with van der Waals surface area (Å²) >= 11 is 0. The van der Waals surface area contributed by atoms with Gasteiger partial charge in [-0.2, -0.15) is 0 Å². The van der Waals surface area contributed by atoms with Gasteiger partial charge in [-0.15, -0.1) is 0 Å². The molecular weight excluding hydrogens is 328 g/mol. The molecule has 2 aromatic rings. The number of carbonyl (C=O) groups is 2. The lowest BCUT2D eigenvalue weighted by atomic mass is 10.1. The first-order chi connectivity index (χ1) is 12.6. The van der Waals surface area contributed by atoms with E-state index < -0.39 is 0 Å². The second-order valence-electron chi connectivity index (χ2n) is 5.89. The molecule has 0 aliphatic rings. The largest absolute Gasteiger partial charge is 0.385 e. The van der Waals surface area contributed by atoms with Crippen molar-refractivity contribution in [3.05, 3.63) is 77.0 Å². The van der Waals surface area contributed by atoms with Crippen molar-refractivity contribution in [3.63, 3.8) is 0 Å². The van der Waals surface area contributed by atoms with Gasteiger partial charge in [0.1, 0.15) is 5.70 Å². The highest BCUT2D eigenvalue weighted by atomic mass is 16.5. The summed E-state index contributed by atoms with van der Waals surface area (Å²) in [5, 5.41) is 5.52. The molecule has 0 aliphatic carbocycles. The summed E-state index contributed by atoms with van der Waals surface area (Å²) in [6.45, 7) is 2.99. The Labute approximate surface area is 154 Å². The third-order valence-electron chi connectivity index (χ3n) is 3.73. The summed E-state index contributed by atoms with van der Waals surface area (Å²) in [4.78, 5) is 25.0. The third-order valence-corrected chi connectivity index (χ3v) is 3.73. The molecule has 26 heavy (non-hydrogen) atoms. The zero-order valence-electron chi connectivity index (χ0n) is 15.1. The molecule has 0 heterocycles. The Balaban J connectivity index is 2.14. The Morgan fingerprint density at radius 1 is 1.04 bits per heavy atom. The number of hydrogen-bond donors (Lipinski definition) is 2. The number of ether oxygens (including phenoxy) is 1. The first kappa shape index (κ1) is 19.4. The zero-order chi connectivity index (χ0) is 18.8. The maximum Gasteiger partial charge on any atom is 0.267 e. The fraction of sp³-hybridized carbons (Fsp3) is 0.238. The SMILES string of the molecule is COCCCNC(=O)/C(=C/c1ccccc1)NC(=O)c1ccc(C)cc1.